The quantitative estimate of drug-likeness (QED) is 0.167. The fourth-order valence-electron chi connectivity index (χ4n) is 10.3. The van der Waals surface area contributed by atoms with Crippen LogP contribution in [0.1, 0.15) is 70.2 Å². The highest BCUT2D eigenvalue weighted by atomic mass is 16.5. The molecule has 9 aromatic rings. The van der Waals surface area contributed by atoms with Gasteiger partial charge in [0.05, 0.1) is 22.4 Å². The van der Waals surface area contributed by atoms with E-state index >= 15 is 0 Å². The topological polar surface area (TPSA) is 39.4 Å². The zero-order valence-corrected chi connectivity index (χ0v) is 34.6. The first-order valence-electron chi connectivity index (χ1n) is 21.0. The average Bonchev–Trinajstić information content (AvgIpc) is 3.82. The molecule has 7 aromatic carbocycles. The Bertz CT molecular complexity index is 3180. The molecule has 5 nitrogen and oxygen atoms in total. The van der Waals surface area contributed by atoms with Crippen LogP contribution in [0.5, 0.6) is 11.5 Å². The number of ether oxygens (including phenoxy) is 1. The molecule has 5 heteroatoms. The number of nitrogens with zero attached hydrogens (tertiary/aromatic N) is 3. The normalized spacial score (nSPS) is 16.3. The van der Waals surface area contributed by atoms with Gasteiger partial charge in [-0.1, -0.05) is 59.5 Å². The van der Waals surface area contributed by atoms with E-state index in [1.54, 1.807) is 0 Å². The maximum atomic E-state index is 13.9. The van der Waals surface area contributed by atoms with Crippen molar-refractivity contribution < 1.29 is 4.74 Å². The van der Waals surface area contributed by atoms with Crippen molar-refractivity contribution in [3.8, 4) is 17.2 Å². The number of aromatic nitrogens is 2. The first-order valence-corrected chi connectivity index (χ1v) is 21.0. The standard InChI is InChI=1S/C54H47N3O2/c1-31-10-16-46-41(24-31)42-30-38(55-50-19-13-34(4)27-52(50)59-53-28-35(5)14-20-51(53)55)15-21-47(42)57(46)45-9-7-8-40(45)37-22-36(6)23-39(29-37)56-48-17-11-32(2)25-43(48)54(58)44-26-33(3)12-18-49(44)56/h10-30,40,45H,7-9H2,1-6H3. The van der Waals surface area contributed by atoms with Gasteiger partial charge < -0.3 is 18.8 Å². The molecule has 0 amide bonds. The summed E-state index contributed by atoms with van der Waals surface area (Å²) in [5, 5.41) is 4.08. The molecule has 0 bridgehead atoms. The predicted octanol–water partition coefficient (Wildman–Crippen LogP) is 14.2. The largest absolute Gasteiger partial charge is 0.453 e. The van der Waals surface area contributed by atoms with Gasteiger partial charge in [-0.3, -0.25) is 4.79 Å². The number of benzene rings is 7. The van der Waals surface area contributed by atoms with E-state index in [4.69, 9.17) is 4.74 Å². The monoisotopic (exact) mass is 769 g/mol. The van der Waals surface area contributed by atoms with Crippen molar-refractivity contribution in [2.24, 2.45) is 0 Å². The third kappa shape index (κ3) is 5.62. The fraction of sp³-hybridized carbons (Fsp3) is 0.204. The lowest BCUT2D eigenvalue weighted by molar-refractivity contribution is 0.476. The van der Waals surface area contributed by atoms with Gasteiger partial charge in [0.2, 0.25) is 0 Å². The van der Waals surface area contributed by atoms with Crippen molar-refractivity contribution in [1.29, 1.82) is 0 Å². The average molecular weight is 770 g/mol. The lowest BCUT2D eigenvalue weighted by atomic mass is 9.91. The summed E-state index contributed by atoms with van der Waals surface area (Å²) in [7, 11) is 0. The minimum Gasteiger partial charge on any atom is -0.453 e. The fourth-order valence-corrected chi connectivity index (χ4v) is 10.3. The third-order valence-electron chi connectivity index (χ3n) is 13.0. The molecule has 0 saturated heterocycles. The van der Waals surface area contributed by atoms with Gasteiger partial charge in [-0.2, -0.15) is 0 Å². The van der Waals surface area contributed by atoms with E-state index < -0.39 is 0 Å². The Morgan fingerprint density at radius 1 is 0.475 bits per heavy atom. The highest BCUT2D eigenvalue weighted by Gasteiger charge is 2.34. The molecule has 3 heterocycles. The van der Waals surface area contributed by atoms with Crippen molar-refractivity contribution in [3.05, 3.63) is 177 Å². The summed E-state index contributed by atoms with van der Waals surface area (Å²) >= 11 is 0. The van der Waals surface area contributed by atoms with Crippen LogP contribution in [0.25, 0.3) is 49.3 Å². The number of fused-ring (bicyclic) bond motifs is 7. The Hall–Kier alpha value is -6.59. The molecular weight excluding hydrogens is 723 g/mol. The van der Waals surface area contributed by atoms with Gasteiger partial charge in [0, 0.05) is 55.9 Å². The molecule has 0 spiro atoms. The van der Waals surface area contributed by atoms with Crippen molar-refractivity contribution >= 4 is 60.7 Å². The lowest BCUT2D eigenvalue weighted by Gasteiger charge is -2.33. The van der Waals surface area contributed by atoms with E-state index in [2.05, 4.69) is 171 Å². The summed E-state index contributed by atoms with van der Waals surface area (Å²) in [5.41, 5.74) is 17.2. The van der Waals surface area contributed by atoms with E-state index in [1.165, 1.54) is 49.6 Å². The van der Waals surface area contributed by atoms with Crippen molar-refractivity contribution in [2.75, 3.05) is 4.90 Å². The summed E-state index contributed by atoms with van der Waals surface area (Å²) in [6.45, 7) is 12.8. The van der Waals surface area contributed by atoms with Crippen LogP contribution in [0.2, 0.25) is 0 Å². The molecule has 2 aliphatic rings. The molecule has 1 fully saturated rings. The van der Waals surface area contributed by atoms with Crippen LogP contribution >= 0.6 is 0 Å². The Morgan fingerprint density at radius 2 is 1.00 bits per heavy atom. The SMILES string of the molecule is Cc1cc(C2CCCC2n2c3ccc(C)cc3c3cc(N4c5ccc(C)cc5Oc5cc(C)ccc54)ccc32)cc(-n2c3ccc(C)cc3c(=O)c3cc(C)ccc32)c1. The van der Waals surface area contributed by atoms with Crippen LogP contribution in [0.4, 0.5) is 17.1 Å². The van der Waals surface area contributed by atoms with Crippen molar-refractivity contribution in [3.63, 3.8) is 0 Å². The maximum Gasteiger partial charge on any atom is 0.197 e. The van der Waals surface area contributed by atoms with Gasteiger partial charge in [0.1, 0.15) is 0 Å². The molecule has 1 aliphatic heterocycles. The molecule has 0 radical (unpaired) electrons. The predicted molar refractivity (Wildman–Crippen MR) is 245 cm³/mol. The second kappa shape index (κ2) is 13.2. The van der Waals surface area contributed by atoms with Gasteiger partial charge >= 0.3 is 0 Å². The van der Waals surface area contributed by atoms with Crippen LogP contribution < -0.4 is 15.1 Å². The smallest absolute Gasteiger partial charge is 0.197 e. The Labute approximate surface area is 344 Å². The van der Waals surface area contributed by atoms with Crippen LogP contribution in [-0.4, -0.2) is 9.13 Å². The summed E-state index contributed by atoms with van der Waals surface area (Å²) in [5.74, 6) is 2.07. The Morgan fingerprint density at radius 3 is 1.63 bits per heavy atom. The van der Waals surface area contributed by atoms with Gasteiger partial charge in [-0.25, -0.2) is 0 Å². The number of anilines is 3. The molecular formula is C54H47N3O2. The number of rotatable bonds is 4. The molecule has 2 atom stereocenters. The zero-order chi connectivity index (χ0) is 40.3. The van der Waals surface area contributed by atoms with Gasteiger partial charge in [-0.15, -0.1) is 0 Å². The summed E-state index contributed by atoms with van der Waals surface area (Å²) in [6, 6.07) is 47.0. The van der Waals surface area contributed by atoms with Crippen molar-refractivity contribution in [2.45, 2.75) is 72.8 Å². The van der Waals surface area contributed by atoms with Crippen LogP contribution in [0, 0.1) is 41.5 Å². The first-order chi connectivity index (χ1) is 28.6. The molecule has 1 aliphatic carbocycles. The highest BCUT2D eigenvalue weighted by Crippen LogP contribution is 2.53. The molecule has 1 saturated carbocycles. The second-order valence-corrected chi connectivity index (χ2v) is 17.4. The Kier molecular flexibility index (Phi) is 7.97. The van der Waals surface area contributed by atoms with E-state index in [0.717, 1.165) is 86.4 Å². The number of aryl methyl sites for hydroxylation is 6. The molecule has 290 valence electrons. The van der Waals surface area contributed by atoms with E-state index in [0.29, 0.717) is 5.92 Å². The van der Waals surface area contributed by atoms with Crippen LogP contribution in [0.3, 0.4) is 0 Å². The second-order valence-electron chi connectivity index (χ2n) is 17.4. The third-order valence-corrected chi connectivity index (χ3v) is 13.0. The number of hydrogen-bond donors (Lipinski definition) is 0. The molecule has 0 N–H and O–H groups in total. The van der Waals surface area contributed by atoms with Gasteiger partial charge in [0.15, 0.2) is 16.9 Å². The lowest BCUT2D eigenvalue weighted by Crippen LogP contribution is -2.16. The zero-order valence-electron chi connectivity index (χ0n) is 34.6. The number of hydrogen-bond acceptors (Lipinski definition) is 3. The van der Waals surface area contributed by atoms with Crippen LogP contribution in [0.15, 0.2) is 132 Å². The minimum atomic E-state index is 0.0966. The van der Waals surface area contributed by atoms with Crippen molar-refractivity contribution in [1.82, 2.24) is 9.13 Å². The summed E-state index contributed by atoms with van der Waals surface area (Å²) in [4.78, 5) is 16.3. The van der Waals surface area contributed by atoms with E-state index in [1.807, 2.05) is 12.1 Å². The van der Waals surface area contributed by atoms with Gasteiger partial charge in [-0.05, 0) is 168 Å². The summed E-state index contributed by atoms with van der Waals surface area (Å²) in [6.07, 6.45) is 3.38. The number of pyridine rings is 1. The maximum absolute atomic E-state index is 13.9. The van der Waals surface area contributed by atoms with Crippen LogP contribution in [-0.2, 0) is 0 Å². The molecule has 2 aromatic heterocycles. The molecule has 2 unspecified atom stereocenters. The van der Waals surface area contributed by atoms with E-state index in [-0.39, 0.29) is 11.5 Å². The highest BCUT2D eigenvalue weighted by molar-refractivity contribution is 6.10. The van der Waals surface area contributed by atoms with Gasteiger partial charge in [0.25, 0.3) is 0 Å². The first kappa shape index (κ1) is 35.6. The molecule has 11 rings (SSSR count). The Balaban J connectivity index is 1.07. The van der Waals surface area contributed by atoms with E-state index in [9.17, 15) is 4.79 Å². The summed E-state index contributed by atoms with van der Waals surface area (Å²) < 4.78 is 11.5. The minimum absolute atomic E-state index is 0.0966. The molecule has 59 heavy (non-hydrogen) atoms.